The van der Waals surface area contributed by atoms with Crippen molar-refractivity contribution in [1.29, 1.82) is 0 Å². The third-order valence-corrected chi connectivity index (χ3v) is 3.81. The number of aromatic nitrogens is 1. The quantitative estimate of drug-likeness (QED) is 0.817. The monoisotopic (exact) mass is 239 g/mol. The van der Waals surface area contributed by atoms with E-state index in [-0.39, 0.29) is 18.0 Å². The Morgan fingerprint density at radius 3 is 3.06 bits per heavy atom. The molecule has 1 saturated carbocycles. The molecule has 4 nitrogen and oxygen atoms in total. The van der Waals surface area contributed by atoms with Crippen molar-refractivity contribution in [3.63, 3.8) is 0 Å². The minimum absolute atomic E-state index is 0.0149. The predicted octanol–water partition coefficient (Wildman–Crippen LogP) is 1.45. The number of nitrogens with zero attached hydrogens (tertiary/aromatic N) is 1. The molecule has 3 N–H and O–H groups in total. The Balaban J connectivity index is 1.78. The number of amides is 1. The van der Waals surface area contributed by atoms with Gasteiger partial charge in [0.05, 0.1) is 6.04 Å². The molecule has 2 atom stereocenters. The lowest BCUT2D eigenvalue weighted by atomic mass is 10.1. The summed E-state index contributed by atoms with van der Waals surface area (Å²) in [5.41, 5.74) is 5.90. The lowest BCUT2D eigenvalue weighted by molar-refractivity contribution is -0.122. The summed E-state index contributed by atoms with van der Waals surface area (Å²) in [5, 5.41) is 5.77. The first-order chi connectivity index (χ1) is 7.66. The molecule has 2 unspecified atom stereocenters. The Kier molecular flexibility index (Phi) is 3.56. The number of rotatable bonds is 5. The molecule has 1 aliphatic carbocycles. The van der Waals surface area contributed by atoms with Crippen molar-refractivity contribution in [2.75, 3.05) is 0 Å². The smallest absolute Gasteiger partial charge is 0.222 e. The van der Waals surface area contributed by atoms with Crippen molar-refractivity contribution in [1.82, 2.24) is 10.3 Å². The van der Waals surface area contributed by atoms with Gasteiger partial charge in [-0.1, -0.05) is 0 Å². The van der Waals surface area contributed by atoms with Gasteiger partial charge in [-0.15, -0.1) is 11.3 Å². The molecule has 1 aromatic rings. The Bertz CT molecular complexity index is 348. The maximum atomic E-state index is 11.7. The summed E-state index contributed by atoms with van der Waals surface area (Å²) in [6.07, 6.45) is 4.53. The van der Waals surface area contributed by atoms with Gasteiger partial charge in [-0.25, -0.2) is 4.98 Å². The van der Waals surface area contributed by atoms with E-state index in [1.807, 2.05) is 12.3 Å². The van der Waals surface area contributed by atoms with E-state index in [1.165, 1.54) is 12.8 Å². The third-order valence-electron chi connectivity index (χ3n) is 2.85. The first-order valence-corrected chi connectivity index (χ1v) is 6.49. The summed E-state index contributed by atoms with van der Waals surface area (Å²) >= 11 is 1.55. The minimum atomic E-state index is -0.0149. The second-order valence-electron chi connectivity index (χ2n) is 4.36. The lowest BCUT2D eigenvalue weighted by Gasteiger charge is -2.14. The van der Waals surface area contributed by atoms with Gasteiger partial charge in [-0.2, -0.15) is 0 Å². The lowest BCUT2D eigenvalue weighted by Crippen LogP contribution is -2.34. The summed E-state index contributed by atoms with van der Waals surface area (Å²) < 4.78 is 0. The van der Waals surface area contributed by atoms with Crippen molar-refractivity contribution in [3.8, 4) is 0 Å². The van der Waals surface area contributed by atoms with Crippen LogP contribution in [0.5, 0.6) is 0 Å². The van der Waals surface area contributed by atoms with Crippen LogP contribution in [0.1, 0.15) is 37.2 Å². The van der Waals surface area contributed by atoms with Crippen molar-refractivity contribution in [3.05, 3.63) is 16.6 Å². The van der Waals surface area contributed by atoms with Crippen LogP contribution in [0.15, 0.2) is 11.6 Å². The highest BCUT2D eigenvalue weighted by atomic mass is 32.1. The molecule has 0 radical (unpaired) electrons. The fraction of sp³-hybridized carbons (Fsp3) is 0.636. The van der Waals surface area contributed by atoms with Crippen LogP contribution in [0.2, 0.25) is 0 Å². The highest BCUT2D eigenvalue weighted by Gasteiger charge is 2.30. The molecule has 1 aromatic heterocycles. The van der Waals surface area contributed by atoms with E-state index < -0.39 is 0 Å². The minimum Gasteiger partial charge on any atom is -0.347 e. The Morgan fingerprint density at radius 2 is 2.50 bits per heavy atom. The Labute approximate surface area is 99.3 Å². The van der Waals surface area contributed by atoms with E-state index >= 15 is 0 Å². The van der Waals surface area contributed by atoms with Crippen LogP contribution in [-0.2, 0) is 4.79 Å². The number of nitrogens with two attached hydrogens (primary N) is 1. The molecule has 1 heterocycles. The van der Waals surface area contributed by atoms with Crippen molar-refractivity contribution in [2.45, 2.75) is 38.3 Å². The molecule has 1 aliphatic rings. The van der Waals surface area contributed by atoms with Gasteiger partial charge < -0.3 is 11.1 Å². The molecule has 16 heavy (non-hydrogen) atoms. The van der Waals surface area contributed by atoms with E-state index in [0.29, 0.717) is 12.3 Å². The average molecular weight is 239 g/mol. The first-order valence-electron chi connectivity index (χ1n) is 5.61. The highest BCUT2D eigenvalue weighted by Crippen LogP contribution is 2.32. The van der Waals surface area contributed by atoms with Gasteiger partial charge >= 0.3 is 0 Å². The van der Waals surface area contributed by atoms with Crippen LogP contribution in [0.25, 0.3) is 0 Å². The molecule has 0 aliphatic heterocycles. The number of hydrogen-bond donors (Lipinski definition) is 2. The fourth-order valence-corrected chi connectivity index (χ4v) is 2.36. The molecule has 5 heteroatoms. The van der Waals surface area contributed by atoms with E-state index in [9.17, 15) is 4.79 Å². The topological polar surface area (TPSA) is 68.0 Å². The van der Waals surface area contributed by atoms with Gasteiger partial charge in [0, 0.05) is 24.0 Å². The fourth-order valence-electron chi connectivity index (χ4n) is 1.72. The van der Waals surface area contributed by atoms with Gasteiger partial charge in [0.15, 0.2) is 0 Å². The van der Waals surface area contributed by atoms with Crippen LogP contribution in [0.4, 0.5) is 0 Å². The SMILES string of the molecule is CC(NC(=O)CC(N)C1CC1)c1nccs1. The van der Waals surface area contributed by atoms with Gasteiger partial charge in [-0.3, -0.25) is 4.79 Å². The van der Waals surface area contributed by atoms with Crippen LogP contribution in [0, 0.1) is 5.92 Å². The number of carbonyl (C=O) groups is 1. The second-order valence-corrected chi connectivity index (χ2v) is 5.29. The Hall–Kier alpha value is -0.940. The molecule has 2 rings (SSSR count). The number of nitrogens with one attached hydrogen (secondary N) is 1. The maximum absolute atomic E-state index is 11.7. The summed E-state index contributed by atoms with van der Waals surface area (Å²) in [4.78, 5) is 15.8. The predicted molar refractivity (Wildman–Crippen MR) is 64.0 cm³/mol. The zero-order chi connectivity index (χ0) is 11.5. The third kappa shape index (κ3) is 3.02. The summed E-state index contributed by atoms with van der Waals surface area (Å²) in [6.45, 7) is 1.94. The largest absolute Gasteiger partial charge is 0.347 e. The second kappa shape index (κ2) is 4.93. The summed E-state index contributed by atoms with van der Waals surface area (Å²) in [6, 6.07) is 0.0161. The standard InChI is InChI=1S/C11H17N3OS/c1-7(11-13-4-5-16-11)14-10(15)6-9(12)8-2-3-8/h4-5,7-9H,2-3,6,12H2,1H3,(H,14,15). The van der Waals surface area contributed by atoms with Gasteiger partial charge in [-0.05, 0) is 25.7 Å². The molecule has 0 spiro atoms. The summed E-state index contributed by atoms with van der Waals surface area (Å²) in [7, 11) is 0. The van der Waals surface area contributed by atoms with E-state index in [0.717, 1.165) is 5.01 Å². The molecule has 88 valence electrons. The van der Waals surface area contributed by atoms with Gasteiger partial charge in [0.25, 0.3) is 0 Å². The number of thiazole rings is 1. The normalized spacial score (nSPS) is 19.1. The van der Waals surface area contributed by atoms with Crippen LogP contribution in [-0.4, -0.2) is 16.9 Å². The van der Waals surface area contributed by atoms with Gasteiger partial charge in [0.2, 0.25) is 5.91 Å². The van der Waals surface area contributed by atoms with Gasteiger partial charge in [0.1, 0.15) is 5.01 Å². The molecule has 0 aromatic carbocycles. The molecular weight excluding hydrogens is 222 g/mol. The highest BCUT2D eigenvalue weighted by molar-refractivity contribution is 7.09. The molecule has 1 fully saturated rings. The Morgan fingerprint density at radius 1 is 1.75 bits per heavy atom. The van der Waals surface area contributed by atoms with E-state index in [1.54, 1.807) is 17.5 Å². The maximum Gasteiger partial charge on any atom is 0.222 e. The van der Waals surface area contributed by atoms with E-state index in [2.05, 4.69) is 10.3 Å². The number of carbonyl (C=O) groups excluding carboxylic acids is 1. The first kappa shape index (κ1) is 11.5. The average Bonchev–Trinajstić information content (AvgIpc) is 2.93. The molecule has 0 bridgehead atoms. The van der Waals surface area contributed by atoms with Crippen LogP contribution in [0.3, 0.4) is 0 Å². The van der Waals surface area contributed by atoms with Crippen LogP contribution >= 0.6 is 11.3 Å². The molecule has 0 saturated heterocycles. The van der Waals surface area contributed by atoms with Crippen molar-refractivity contribution in [2.24, 2.45) is 11.7 Å². The summed E-state index contributed by atoms with van der Waals surface area (Å²) in [5.74, 6) is 0.600. The number of hydrogen-bond acceptors (Lipinski definition) is 4. The van der Waals surface area contributed by atoms with Crippen LogP contribution < -0.4 is 11.1 Å². The zero-order valence-electron chi connectivity index (χ0n) is 9.35. The zero-order valence-corrected chi connectivity index (χ0v) is 10.2. The van der Waals surface area contributed by atoms with Crippen molar-refractivity contribution >= 4 is 17.2 Å². The molecular formula is C11H17N3OS. The van der Waals surface area contributed by atoms with E-state index in [4.69, 9.17) is 5.73 Å². The van der Waals surface area contributed by atoms with Crippen molar-refractivity contribution < 1.29 is 4.79 Å². The molecule has 1 amide bonds.